The monoisotopic (exact) mass is 170 g/mol. The zero-order valence-electron chi connectivity index (χ0n) is 7.68. The number of nitrogens with two attached hydrogens (primary N) is 1. The SMILES string of the molecule is C=CCCNC(=O)C(C)CCN. The quantitative estimate of drug-likeness (QED) is 0.454. The van der Waals surface area contributed by atoms with Gasteiger partial charge in [0.05, 0.1) is 0 Å². The molecule has 12 heavy (non-hydrogen) atoms. The first-order valence-electron chi connectivity index (χ1n) is 4.31. The summed E-state index contributed by atoms with van der Waals surface area (Å²) in [7, 11) is 0. The highest BCUT2D eigenvalue weighted by molar-refractivity contribution is 5.78. The number of hydrogen-bond donors (Lipinski definition) is 2. The van der Waals surface area contributed by atoms with E-state index in [-0.39, 0.29) is 11.8 Å². The second-order valence-electron chi connectivity index (χ2n) is 2.85. The van der Waals surface area contributed by atoms with Crippen molar-refractivity contribution in [3.05, 3.63) is 12.7 Å². The maximum Gasteiger partial charge on any atom is 0.222 e. The van der Waals surface area contributed by atoms with Gasteiger partial charge >= 0.3 is 0 Å². The van der Waals surface area contributed by atoms with Crippen LogP contribution in [0.3, 0.4) is 0 Å². The molecule has 0 aromatic carbocycles. The van der Waals surface area contributed by atoms with Crippen molar-refractivity contribution in [3.8, 4) is 0 Å². The van der Waals surface area contributed by atoms with Crippen LogP contribution in [0.1, 0.15) is 19.8 Å². The van der Waals surface area contributed by atoms with Gasteiger partial charge < -0.3 is 11.1 Å². The molecule has 0 aromatic heterocycles. The Bertz CT molecular complexity index is 145. The fraction of sp³-hybridized carbons (Fsp3) is 0.667. The normalized spacial score (nSPS) is 12.2. The zero-order valence-corrected chi connectivity index (χ0v) is 7.68. The van der Waals surface area contributed by atoms with Crippen LogP contribution >= 0.6 is 0 Å². The van der Waals surface area contributed by atoms with Gasteiger partial charge in [-0.25, -0.2) is 0 Å². The number of nitrogens with one attached hydrogen (secondary N) is 1. The van der Waals surface area contributed by atoms with Crippen LogP contribution in [0.5, 0.6) is 0 Å². The lowest BCUT2D eigenvalue weighted by Gasteiger charge is -2.09. The fourth-order valence-electron chi connectivity index (χ4n) is 0.853. The maximum absolute atomic E-state index is 11.2. The third kappa shape index (κ3) is 4.91. The minimum Gasteiger partial charge on any atom is -0.356 e. The van der Waals surface area contributed by atoms with Crippen molar-refractivity contribution < 1.29 is 4.79 Å². The Labute approximate surface area is 74.0 Å². The lowest BCUT2D eigenvalue weighted by Crippen LogP contribution is -2.30. The molecule has 0 bridgehead atoms. The third-order valence-electron chi connectivity index (χ3n) is 1.69. The Morgan fingerprint density at radius 3 is 2.92 bits per heavy atom. The molecule has 1 unspecified atom stereocenters. The topological polar surface area (TPSA) is 55.1 Å². The Kier molecular flexibility index (Phi) is 6.38. The molecule has 1 amide bonds. The average Bonchev–Trinajstić information content (AvgIpc) is 2.05. The Hall–Kier alpha value is -0.830. The van der Waals surface area contributed by atoms with Crippen molar-refractivity contribution in [2.24, 2.45) is 11.7 Å². The smallest absolute Gasteiger partial charge is 0.222 e. The first kappa shape index (κ1) is 11.2. The molecule has 0 aliphatic carbocycles. The number of carbonyl (C=O) groups excluding carboxylic acids is 1. The highest BCUT2D eigenvalue weighted by atomic mass is 16.1. The van der Waals surface area contributed by atoms with Crippen LogP contribution in [0.25, 0.3) is 0 Å². The third-order valence-corrected chi connectivity index (χ3v) is 1.69. The highest BCUT2D eigenvalue weighted by Crippen LogP contribution is 1.98. The van der Waals surface area contributed by atoms with Gasteiger partial charge in [-0.1, -0.05) is 13.0 Å². The molecule has 1 atom stereocenters. The van der Waals surface area contributed by atoms with E-state index in [4.69, 9.17) is 5.73 Å². The highest BCUT2D eigenvalue weighted by Gasteiger charge is 2.09. The molecular formula is C9H18N2O. The predicted molar refractivity (Wildman–Crippen MR) is 50.7 cm³/mol. The van der Waals surface area contributed by atoms with E-state index in [0.717, 1.165) is 12.8 Å². The molecule has 0 rings (SSSR count). The van der Waals surface area contributed by atoms with Gasteiger partial charge in [-0.3, -0.25) is 4.79 Å². The molecule has 0 aromatic rings. The van der Waals surface area contributed by atoms with Gasteiger partial charge in [0.15, 0.2) is 0 Å². The van der Waals surface area contributed by atoms with Crippen LogP contribution in [-0.4, -0.2) is 19.0 Å². The molecule has 0 aliphatic heterocycles. The summed E-state index contributed by atoms with van der Waals surface area (Å²) in [6.07, 6.45) is 3.36. The van der Waals surface area contributed by atoms with Crippen LogP contribution in [0.4, 0.5) is 0 Å². The molecule has 3 N–H and O–H groups in total. The summed E-state index contributed by atoms with van der Waals surface area (Å²) in [5.41, 5.74) is 5.33. The van der Waals surface area contributed by atoms with Crippen molar-refractivity contribution in [1.29, 1.82) is 0 Å². The summed E-state index contributed by atoms with van der Waals surface area (Å²) < 4.78 is 0. The van der Waals surface area contributed by atoms with E-state index < -0.39 is 0 Å². The van der Waals surface area contributed by atoms with Gasteiger partial charge in [0.25, 0.3) is 0 Å². The van der Waals surface area contributed by atoms with Crippen LogP contribution in [0.2, 0.25) is 0 Å². The minimum atomic E-state index is 0.0276. The first-order valence-corrected chi connectivity index (χ1v) is 4.31. The van der Waals surface area contributed by atoms with Crippen molar-refractivity contribution in [2.45, 2.75) is 19.8 Å². The molecule has 0 saturated heterocycles. The lowest BCUT2D eigenvalue weighted by molar-refractivity contribution is -0.124. The number of amides is 1. The van der Waals surface area contributed by atoms with E-state index in [1.807, 2.05) is 6.92 Å². The van der Waals surface area contributed by atoms with Crippen molar-refractivity contribution in [1.82, 2.24) is 5.32 Å². The Balaban J connectivity index is 3.49. The molecule has 0 spiro atoms. The summed E-state index contributed by atoms with van der Waals surface area (Å²) in [5, 5.41) is 2.80. The van der Waals surface area contributed by atoms with E-state index in [2.05, 4.69) is 11.9 Å². The molecule has 0 heterocycles. The van der Waals surface area contributed by atoms with Gasteiger partial charge in [-0.15, -0.1) is 6.58 Å². The molecule has 0 aliphatic rings. The van der Waals surface area contributed by atoms with Crippen molar-refractivity contribution in [2.75, 3.05) is 13.1 Å². The molecule has 0 saturated carbocycles. The average molecular weight is 170 g/mol. The van der Waals surface area contributed by atoms with E-state index in [1.165, 1.54) is 0 Å². The van der Waals surface area contributed by atoms with Crippen molar-refractivity contribution >= 4 is 5.91 Å². The van der Waals surface area contributed by atoms with Gasteiger partial charge in [-0.2, -0.15) is 0 Å². The number of carbonyl (C=O) groups is 1. The van der Waals surface area contributed by atoms with Crippen LogP contribution < -0.4 is 11.1 Å². The van der Waals surface area contributed by atoms with Gasteiger partial charge in [-0.05, 0) is 19.4 Å². The molecule has 0 radical (unpaired) electrons. The van der Waals surface area contributed by atoms with Gasteiger partial charge in [0.2, 0.25) is 5.91 Å². The summed E-state index contributed by atoms with van der Waals surface area (Å²) >= 11 is 0. The van der Waals surface area contributed by atoms with Gasteiger partial charge in [0, 0.05) is 12.5 Å². The van der Waals surface area contributed by atoms with E-state index in [9.17, 15) is 4.79 Å². The van der Waals surface area contributed by atoms with Gasteiger partial charge in [0.1, 0.15) is 0 Å². The van der Waals surface area contributed by atoms with Crippen LogP contribution in [-0.2, 0) is 4.79 Å². The minimum absolute atomic E-state index is 0.0276. The summed E-state index contributed by atoms with van der Waals surface area (Å²) in [5.74, 6) is 0.113. The Morgan fingerprint density at radius 2 is 2.42 bits per heavy atom. The molecule has 3 heteroatoms. The fourth-order valence-corrected chi connectivity index (χ4v) is 0.853. The summed E-state index contributed by atoms with van der Waals surface area (Å²) in [6.45, 7) is 6.70. The predicted octanol–water partition coefficient (Wildman–Crippen LogP) is 0.664. The lowest BCUT2D eigenvalue weighted by atomic mass is 10.1. The molecule has 0 fully saturated rings. The Morgan fingerprint density at radius 1 is 1.75 bits per heavy atom. The second kappa shape index (κ2) is 6.85. The summed E-state index contributed by atoms with van der Waals surface area (Å²) in [6, 6.07) is 0. The van der Waals surface area contributed by atoms with E-state index >= 15 is 0 Å². The molecule has 70 valence electrons. The van der Waals surface area contributed by atoms with Crippen LogP contribution in [0.15, 0.2) is 12.7 Å². The first-order chi connectivity index (χ1) is 5.72. The zero-order chi connectivity index (χ0) is 9.40. The molecular weight excluding hydrogens is 152 g/mol. The number of rotatable bonds is 6. The van der Waals surface area contributed by atoms with E-state index in [0.29, 0.717) is 13.1 Å². The van der Waals surface area contributed by atoms with Crippen LogP contribution in [0, 0.1) is 5.92 Å². The van der Waals surface area contributed by atoms with E-state index in [1.54, 1.807) is 6.08 Å². The summed E-state index contributed by atoms with van der Waals surface area (Å²) in [4.78, 5) is 11.2. The number of hydrogen-bond acceptors (Lipinski definition) is 2. The largest absolute Gasteiger partial charge is 0.356 e. The second-order valence-corrected chi connectivity index (χ2v) is 2.85. The standard InChI is InChI=1S/C9H18N2O/c1-3-4-7-11-9(12)8(2)5-6-10/h3,8H,1,4-7,10H2,2H3,(H,11,12). The van der Waals surface area contributed by atoms with Crippen molar-refractivity contribution in [3.63, 3.8) is 0 Å². The maximum atomic E-state index is 11.2. The molecule has 3 nitrogen and oxygen atoms in total.